The quantitative estimate of drug-likeness (QED) is 0.436. The summed E-state index contributed by atoms with van der Waals surface area (Å²) in [5, 5.41) is 8.31. The van der Waals surface area contributed by atoms with Crippen molar-refractivity contribution in [3.8, 4) is 11.3 Å². The minimum absolute atomic E-state index is 0.128. The Morgan fingerprint density at radius 3 is 2.49 bits per heavy atom. The molecular weight excluding hydrogens is 458 g/mol. The van der Waals surface area contributed by atoms with Gasteiger partial charge in [-0.2, -0.15) is 5.10 Å². The molecule has 0 saturated carbocycles. The van der Waals surface area contributed by atoms with Crippen LogP contribution in [0.3, 0.4) is 0 Å². The van der Waals surface area contributed by atoms with Crippen LogP contribution in [0.25, 0.3) is 22.3 Å². The standard InChI is InChI=1S/C26H31N7OS/c1-16(2)33-25-22(15-28-33)21(13-23(30-25)20-12-17(3)35-18(20)4)26(34)29-19-6-7-24(27-14-19)32-10-8-31(5)9-11-32/h6-7,12-16H,8-11H2,1-5H3,(H,29,34). The number of piperazine rings is 1. The van der Waals surface area contributed by atoms with Crippen LogP contribution in [0.15, 0.2) is 36.7 Å². The molecule has 1 saturated heterocycles. The molecule has 35 heavy (non-hydrogen) atoms. The first-order valence-electron chi connectivity index (χ1n) is 12.0. The molecule has 0 unspecified atom stereocenters. The van der Waals surface area contributed by atoms with E-state index in [-0.39, 0.29) is 11.9 Å². The van der Waals surface area contributed by atoms with Gasteiger partial charge in [-0.25, -0.2) is 14.6 Å². The molecule has 0 bridgehead atoms. The van der Waals surface area contributed by atoms with E-state index in [9.17, 15) is 4.79 Å². The molecule has 4 aromatic rings. The molecule has 182 valence electrons. The van der Waals surface area contributed by atoms with Gasteiger partial charge in [0.15, 0.2) is 5.65 Å². The zero-order chi connectivity index (χ0) is 24.7. The number of aryl methyl sites for hydroxylation is 2. The molecule has 1 aliphatic heterocycles. The summed E-state index contributed by atoms with van der Waals surface area (Å²) < 4.78 is 1.87. The minimum Gasteiger partial charge on any atom is -0.354 e. The van der Waals surface area contributed by atoms with Crippen LogP contribution in [0, 0.1) is 13.8 Å². The second kappa shape index (κ2) is 9.39. The molecule has 1 fully saturated rings. The van der Waals surface area contributed by atoms with Crippen molar-refractivity contribution in [2.75, 3.05) is 43.4 Å². The second-order valence-electron chi connectivity index (χ2n) is 9.45. The maximum atomic E-state index is 13.5. The van der Waals surface area contributed by atoms with Crippen molar-refractivity contribution < 1.29 is 4.79 Å². The van der Waals surface area contributed by atoms with E-state index in [1.54, 1.807) is 23.7 Å². The van der Waals surface area contributed by atoms with Gasteiger partial charge in [0.25, 0.3) is 5.91 Å². The summed E-state index contributed by atoms with van der Waals surface area (Å²) in [5.41, 5.74) is 3.78. The van der Waals surface area contributed by atoms with E-state index in [1.165, 1.54) is 9.75 Å². The van der Waals surface area contributed by atoms with Crippen molar-refractivity contribution in [3.05, 3.63) is 52.0 Å². The number of amides is 1. The molecule has 5 rings (SSSR count). The number of nitrogens with one attached hydrogen (secondary N) is 1. The Bertz CT molecular complexity index is 1360. The van der Waals surface area contributed by atoms with Gasteiger partial charge in [0.2, 0.25) is 0 Å². The van der Waals surface area contributed by atoms with Crippen molar-refractivity contribution >= 4 is 39.8 Å². The van der Waals surface area contributed by atoms with Crippen LogP contribution in [0.2, 0.25) is 0 Å². The van der Waals surface area contributed by atoms with Gasteiger partial charge in [0.05, 0.1) is 34.7 Å². The number of fused-ring (bicyclic) bond motifs is 1. The predicted molar refractivity (Wildman–Crippen MR) is 143 cm³/mol. The lowest BCUT2D eigenvalue weighted by atomic mass is 10.1. The number of hydrogen-bond acceptors (Lipinski definition) is 7. The molecular formula is C26H31N7OS. The summed E-state index contributed by atoms with van der Waals surface area (Å²) in [6, 6.07) is 8.03. The van der Waals surface area contributed by atoms with Crippen molar-refractivity contribution in [1.82, 2.24) is 24.6 Å². The van der Waals surface area contributed by atoms with Crippen molar-refractivity contribution in [3.63, 3.8) is 0 Å². The average Bonchev–Trinajstić information content (AvgIpc) is 3.42. The number of hydrogen-bond donors (Lipinski definition) is 1. The molecule has 1 N–H and O–H groups in total. The Balaban J connectivity index is 1.46. The summed E-state index contributed by atoms with van der Waals surface area (Å²) >= 11 is 1.73. The topological polar surface area (TPSA) is 79.2 Å². The van der Waals surface area contributed by atoms with Crippen molar-refractivity contribution in [2.24, 2.45) is 0 Å². The van der Waals surface area contributed by atoms with E-state index in [4.69, 9.17) is 4.98 Å². The highest BCUT2D eigenvalue weighted by molar-refractivity contribution is 7.12. The molecule has 1 amide bonds. The first kappa shape index (κ1) is 23.4. The fourth-order valence-corrected chi connectivity index (χ4v) is 5.42. The van der Waals surface area contributed by atoms with Crippen LogP contribution >= 0.6 is 11.3 Å². The van der Waals surface area contributed by atoms with E-state index in [1.807, 2.05) is 22.9 Å². The monoisotopic (exact) mass is 489 g/mol. The fraction of sp³-hybridized carbons (Fsp3) is 0.385. The van der Waals surface area contributed by atoms with Gasteiger partial charge in [0.1, 0.15) is 5.82 Å². The normalized spacial score (nSPS) is 14.7. The predicted octanol–water partition coefficient (Wildman–Crippen LogP) is 4.76. The summed E-state index contributed by atoms with van der Waals surface area (Å²) in [6.45, 7) is 12.3. The number of carbonyl (C=O) groups excluding carboxylic acids is 1. The van der Waals surface area contributed by atoms with Gasteiger partial charge < -0.3 is 15.1 Å². The lowest BCUT2D eigenvalue weighted by Crippen LogP contribution is -2.44. The largest absolute Gasteiger partial charge is 0.354 e. The van der Waals surface area contributed by atoms with Gasteiger partial charge in [-0.1, -0.05) is 0 Å². The number of aromatic nitrogens is 4. The summed E-state index contributed by atoms with van der Waals surface area (Å²) in [5.74, 6) is 0.743. The Kier molecular flexibility index (Phi) is 6.29. The number of carbonyl (C=O) groups is 1. The van der Waals surface area contributed by atoms with E-state index in [2.05, 4.69) is 66.0 Å². The van der Waals surface area contributed by atoms with Crippen LogP contribution < -0.4 is 10.2 Å². The molecule has 0 aliphatic carbocycles. The van der Waals surface area contributed by atoms with Crippen LogP contribution in [-0.4, -0.2) is 63.8 Å². The molecule has 0 aromatic carbocycles. The first-order valence-corrected chi connectivity index (χ1v) is 12.8. The van der Waals surface area contributed by atoms with Gasteiger partial charge in [0, 0.05) is 47.5 Å². The van der Waals surface area contributed by atoms with Crippen LogP contribution in [-0.2, 0) is 0 Å². The molecule has 5 heterocycles. The Morgan fingerprint density at radius 1 is 1.09 bits per heavy atom. The summed E-state index contributed by atoms with van der Waals surface area (Å²) in [7, 11) is 2.14. The highest BCUT2D eigenvalue weighted by Gasteiger charge is 2.21. The third-order valence-electron chi connectivity index (χ3n) is 6.45. The molecule has 9 heteroatoms. The van der Waals surface area contributed by atoms with E-state index >= 15 is 0 Å². The molecule has 0 atom stereocenters. The van der Waals surface area contributed by atoms with Crippen molar-refractivity contribution in [2.45, 2.75) is 33.7 Å². The Hall–Kier alpha value is -3.30. The molecule has 0 radical (unpaired) electrons. The second-order valence-corrected chi connectivity index (χ2v) is 10.9. The zero-order valence-electron chi connectivity index (χ0n) is 20.9. The minimum atomic E-state index is -0.194. The van der Waals surface area contributed by atoms with Gasteiger partial charge in [-0.05, 0) is 59.0 Å². The van der Waals surface area contributed by atoms with Gasteiger partial charge in [-0.3, -0.25) is 4.79 Å². The van der Waals surface area contributed by atoms with Crippen LogP contribution in [0.1, 0.15) is 40.0 Å². The third-order valence-corrected chi connectivity index (χ3v) is 7.42. The maximum Gasteiger partial charge on any atom is 0.256 e. The highest BCUT2D eigenvalue weighted by atomic mass is 32.1. The number of pyridine rings is 2. The highest BCUT2D eigenvalue weighted by Crippen LogP contribution is 2.33. The molecule has 0 spiro atoms. The van der Waals surface area contributed by atoms with Crippen LogP contribution in [0.4, 0.5) is 11.5 Å². The number of rotatable bonds is 5. The first-order chi connectivity index (χ1) is 16.8. The van der Waals surface area contributed by atoms with Gasteiger partial charge >= 0.3 is 0 Å². The molecule has 1 aliphatic rings. The summed E-state index contributed by atoms with van der Waals surface area (Å²) in [4.78, 5) is 30.0. The Morgan fingerprint density at radius 2 is 1.86 bits per heavy atom. The third kappa shape index (κ3) is 4.66. The average molecular weight is 490 g/mol. The molecule has 8 nitrogen and oxygen atoms in total. The van der Waals surface area contributed by atoms with Crippen molar-refractivity contribution in [1.29, 1.82) is 0 Å². The van der Waals surface area contributed by atoms with E-state index < -0.39 is 0 Å². The van der Waals surface area contributed by atoms with E-state index in [0.717, 1.165) is 54.3 Å². The SMILES string of the molecule is Cc1cc(-c2cc(C(=O)Nc3ccc(N4CCN(C)CC4)nc3)c3cnn(C(C)C)c3n2)c(C)s1. The fourth-order valence-electron chi connectivity index (χ4n) is 4.49. The Labute approximate surface area is 209 Å². The zero-order valence-corrected chi connectivity index (χ0v) is 21.7. The number of likely N-dealkylation sites (N-methyl/N-ethyl adjacent to an activating group) is 1. The number of nitrogens with zero attached hydrogens (tertiary/aromatic N) is 6. The van der Waals surface area contributed by atoms with Crippen LogP contribution in [0.5, 0.6) is 0 Å². The molecule has 4 aromatic heterocycles. The summed E-state index contributed by atoms with van der Waals surface area (Å²) in [6.07, 6.45) is 3.47. The lowest BCUT2D eigenvalue weighted by molar-refractivity contribution is 0.102. The maximum absolute atomic E-state index is 13.5. The lowest BCUT2D eigenvalue weighted by Gasteiger charge is -2.33. The smallest absolute Gasteiger partial charge is 0.256 e. The number of anilines is 2. The number of thiophene rings is 1. The van der Waals surface area contributed by atoms with E-state index in [0.29, 0.717) is 11.3 Å². The van der Waals surface area contributed by atoms with Gasteiger partial charge in [-0.15, -0.1) is 11.3 Å².